The van der Waals surface area contributed by atoms with Crippen LogP contribution < -0.4 is 0 Å². The summed E-state index contributed by atoms with van der Waals surface area (Å²) < 4.78 is 0. The van der Waals surface area contributed by atoms with Gasteiger partial charge in [-0.2, -0.15) is 0 Å². The molecule has 0 aliphatic heterocycles. The van der Waals surface area contributed by atoms with E-state index in [1.54, 1.807) is 36.4 Å². The average molecular weight is 494 g/mol. The molecule has 0 atom stereocenters. The maximum atomic E-state index is 12.0. The van der Waals surface area contributed by atoms with Gasteiger partial charge in [-0.25, -0.2) is 0 Å². The number of benzene rings is 2. The van der Waals surface area contributed by atoms with Crippen molar-refractivity contribution in [2.24, 2.45) is 4.99 Å². The lowest BCUT2D eigenvalue weighted by atomic mass is 9.98. The summed E-state index contributed by atoms with van der Waals surface area (Å²) in [5.74, 6) is -0.105. The number of nitrogens with zero attached hydrogens (tertiary/aromatic N) is 1. The third kappa shape index (κ3) is 5.10. The predicted octanol–water partition coefficient (Wildman–Crippen LogP) is 6.52. The van der Waals surface area contributed by atoms with Gasteiger partial charge in [0.25, 0.3) is 0 Å². The van der Waals surface area contributed by atoms with E-state index in [0.717, 1.165) is 35.6 Å². The molecule has 0 bridgehead atoms. The molecule has 0 fully saturated rings. The maximum absolute atomic E-state index is 12.0. The Bertz CT molecular complexity index is 1010. The zero-order valence-corrected chi connectivity index (χ0v) is 18.6. The Hall–Kier alpha value is -2.08. The summed E-state index contributed by atoms with van der Waals surface area (Å²) in [4.78, 5) is 19.7. The number of nitrogens with one attached hydrogen (secondary N) is 1. The van der Waals surface area contributed by atoms with Crippen LogP contribution in [0.4, 0.5) is 0 Å². The van der Waals surface area contributed by atoms with Crippen LogP contribution in [0.1, 0.15) is 34.3 Å². The van der Waals surface area contributed by atoms with Gasteiger partial charge < -0.3 is 10.1 Å². The number of aldehydes is 1. The molecule has 2 aromatic carbocycles. The van der Waals surface area contributed by atoms with E-state index in [9.17, 15) is 9.90 Å². The van der Waals surface area contributed by atoms with Gasteiger partial charge in [0.2, 0.25) is 0 Å². The van der Waals surface area contributed by atoms with Crippen LogP contribution in [0.5, 0.6) is 5.88 Å². The molecule has 3 aromatic rings. The van der Waals surface area contributed by atoms with Gasteiger partial charge in [-0.15, -0.1) is 0 Å². The molecule has 0 saturated carbocycles. The van der Waals surface area contributed by atoms with Crippen LogP contribution in [0.3, 0.4) is 0 Å². The minimum atomic E-state index is -0.105. The number of aromatic hydroxyl groups is 1. The lowest BCUT2D eigenvalue weighted by Gasteiger charge is -2.08. The fraction of sp³-hybridized carbons (Fsp3) is 0.182. The van der Waals surface area contributed by atoms with Gasteiger partial charge in [0.15, 0.2) is 12.2 Å². The molecule has 150 valence electrons. The first-order valence-corrected chi connectivity index (χ1v) is 11.0. The highest BCUT2D eigenvalue weighted by molar-refractivity contribution is 9.09. The summed E-state index contributed by atoms with van der Waals surface area (Å²) in [5, 5.41) is 12.8. The number of unbranched alkanes of at least 4 members (excludes halogenated alkanes) is 1. The second-order valence-corrected chi connectivity index (χ2v) is 8.06. The minimum absolute atomic E-state index is 0.105. The molecule has 0 saturated heterocycles. The number of aliphatic imine (C=N–C) groups is 1. The highest BCUT2D eigenvalue weighted by Crippen LogP contribution is 2.33. The van der Waals surface area contributed by atoms with Gasteiger partial charge in [-0.1, -0.05) is 63.4 Å². The molecule has 1 heterocycles. The van der Waals surface area contributed by atoms with Crippen molar-refractivity contribution >= 4 is 51.1 Å². The second kappa shape index (κ2) is 10.1. The van der Waals surface area contributed by atoms with Gasteiger partial charge in [0.05, 0.1) is 22.5 Å². The van der Waals surface area contributed by atoms with Gasteiger partial charge in [0.1, 0.15) is 0 Å². The van der Waals surface area contributed by atoms with Crippen molar-refractivity contribution in [2.75, 3.05) is 11.9 Å². The highest BCUT2D eigenvalue weighted by atomic mass is 79.9. The highest BCUT2D eigenvalue weighted by Gasteiger charge is 2.23. The Morgan fingerprint density at radius 3 is 2.24 bits per heavy atom. The maximum Gasteiger partial charge on any atom is 0.199 e. The molecule has 2 N–H and O–H groups in total. The number of hydrogen-bond acceptors (Lipinski definition) is 3. The van der Waals surface area contributed by atoms with E-state index in [4.69, 9.17) is 28.2 Å². The molecular weight excluding hydrogens is 475 g/mol. The van der Waals surface area contributed by atoms with Crippen molar-refractivity contribution in [2.45, 2.75) is 12.8 Å². The zero-order valence-electron chi connectivity index (χ0n) is 15.5. The standard InChI is InChI=1S/C22H19BrCl2N2O2/c23-11-1-2-12-26-21(15-5-9-17(25)10-6-15)19-18(13-28)20(27-22(19)29)14-3-7-16(24)8-4-14/h3-10,13,27,29H,1-2,11-12H2. The summed E-state index contributed by atoms with van der Waals surface area (Å²) >= 11 is 15.4. The van der Waals surface area contributed by atoms with Crippen LogP contribution in [0.2, 0.25) is 10.0 Å². The lowest BCUT2D eigenvalue weighted by Crippen LogP contribution is -2.07. The molecule has 0 spiro atoms. The molecule has 3 rings (SSSR count). The predicted molar refractivity (Wildman–Crippen MR) is 123 cm³/mol. The van der Waals surface area contributed by atoms with Crippen LogP contribution in [0.25, 0.3) is 11.3 Å². The molecule has 1 aromatic heterocycles. The third-order valence-electron chi connectivity index (χ3n) is 4.44. The van der Waals surface area contributed by atoms with E-state index < -0.39 is 0 Å². The van der Waals surface area contributed by atoms with Crippen LogP contribution >= 0.6 is 39.1 Å². The van der Waals surface area contributed by atoms with Gasteiger partial charge in [-0.3, -0.25) is 9.79 Å². The molecular formula is C22H19BrCl2N2O2. The first-order valence-electron chi connectivity index (χ1n) is 9.08. The van der Waals surface area contributed by atoms with Gasteiger partial charge in [0, 0.05) is 27.5 Å². The van der Waals surface area contributed by atoms with Crippen LogP contribution in [0, 0.1) is 0 Å². The number of carbonyl (C=O) groups excluding carboxylic acids is 1. The normalized spacial score (nSPS) is 11.6. The lowest BCUT2D eigenvalue weighted by molar-refractivity contribution is 0.112. The zero-order chi connectivity index (χ0) is 20.8. The quantitative estimate of drug-likeness (QED) is 0.162. The third-order valence-corrected chi connectivity index (χ3v) is 5.50. The van der Waals surface area contributed by atoms with Gasteiger partial charge in [-0.05, 0) is 42.7 Å². The number of hydrogen-bond donors (Lipinski definition) is 2. The van der Waals surface area contributed by atoms with Crippen molar-refractivity contribution in [3.05, 3.63) is 75.3 Å². The Morgan fingerprint density at radius 1 is 1.03 bits per heavy atom. The largest absolute Gasteiger partial charge is 0.494 e. The van der Waals surface area contributed by atoms with E-state index in [1.807, 2.05) is 12.1 Å². The molecule has 7 heteroatoms. The van der Waals surface area contributed by atoms with E-state index in [0.29, 0.717) is 39.1 Å². The smallest absolute Gasteiger partial charge is 0.199 e. The number of aromatic amines is 1. The van der Waals surface area contributed by atoms with Crippen molar-refractivity contribution in [3.63, 3.8) is 0 Å². The summed E-state index contributed by atoms with van der Waals surface area (Å²) in [6.45, 7) is 0.572. The van der Waals surface area contributed by atoms with Crippen molar-refractivity contribution in [1.29, 1.82) is 0 Å². The number of alkyl halides is 1. The summed E-state index contributed by atoms with van der Waals surface area (Å²) in [7, 11) is 0. The fourth-order valence-corrected chi connectivity index (χ4v) is 3.67. The van der Waals surface area contributed by atoms with Crippen molar-refractivity contribution < 1.29 is 9.90 Å². The fourth-order valence-electron chi connectivity index (χ4n) is 3.02. The second-order valence-electron chi connectivity index (χ2n) is 6.40. The van der Waals surface area contributed by atoms with E-state index in [1.165, 1.54) is 0 Å². The number of rotatable bonds is 8. The van der Waals surface area contributed by atoms with Crippen LogP contribution in [-0.2, 0) is 0 Å². The van der Waals surface area contributed by atoms with Crippen LogP contribution in [-0.4, -0.2) is 34.0 Å². The number of halogens is 3. The first-order chi connectivity index (χ1) is 14.0. The summed E-state index contributed by atoms with van der Waals surface area (Å²) in [6, 6.07) is 14.2. The van der Waals surface area contributed by atoms with Crippen molar-refractivity contribution in [3.8, 4) is 17.1 Å². The van der Waals surface area contributed by atoms with Gasteiger partial charge >= 0.3 is 0 Å². The Morgan fingerprint density at radius 2 is 1.66 bits per heavy atom. The first kappa shape index (κ1) is 21.6. The Balaban J connectivity index is 2.13. The molecule has 29 heavy (non-hydrogen) atoms. The number of H-pyrrole nitrogens is 1. The number of carbonyl (C=O) groups is 1. The Kier molecular flexibility index (Phi) is 7.53. The Labute approximate surface area is 187 Å². The summed E-state index contributed by atoms with van der Waals surface area (Å²) in [5.41, 5.74) is 3.31. The monoisotopic (exact) mass is 492 g/mol. The minimum Gasteiger partial charge on any atom is -0.494 e. The molecule has 4 nitrogen and oxygen atoms in total. The molecule has 0 unspecified atom stereocenters. The molecule has 0 amide bonds. The van der Waals surface area contributed by atoms with E-state index >= 15 is 0 Å². The molecule has 0 aliphatic carbocycles. The van der Waals surface area contributed by atoms with E-state index in [-0.39, 0.29) is 5.88 Å². The summed E-state index contributed by atoms with van der Waals surface area (Å²) in [6.07, 6.45) is 2.60. The SMILES string of the molecule is O=Cc1c(-c2ccc(Cl)cc2)[nH]c(O)c1C(=NCCCCBr)c1ccc(Cl)cc1. The molecule has 0 radical (unpaired) electrons. The van der Waals surface area contributed by atoms with Crippen molar-refractivity contribution in [1.82, 2.24) is 4.98 Å². The molecule has 0 aliphatic rings. The van der Waals surface area contributed by atoms with Crippen LogP contribution in [0.15, 0.2) is 53.5 Å². The number of aromatic nitrogens is 1. The topological polar surface area (TPSA) is 65.5 Å². The van der Waals surface area contributed by atoms with E-state index in [2.05, 4.69) is 20.9 Å². The average Bonchev–Trinajstić information content (AvgIpc) is 3.05.